The molecule has 0 spiro atoms. The van der Waals surface area contributed by atoms with E-state index in [1.807, 2.05) is 12.1 Å². The number of hydrogen-bond acceptors (Lipinski definition) is 1. The Kier molecular flexibility index (Phi) is 5.14. The lowest BCUT2D eigenvalue weighted by Gasteiger charge is -2.19. The van der Waals surface area contributed by atoms with Gasteiger partial charge in [-0.15, -0.1) is 0 Å². The predicted octanol–water partition coefficient (Wildman–Crippen LogP) is 4.83. The molecule has 1 N–H and O–H groups in total. The van der Waals surface area contributed by atoms with Gasteiger partial charge in [0.25, 0.3) is 0 Å². The zero-order valence-corrected chi connectivity index (χ0v) is 13.6. The molecule has 2 nitrogen and oxygen atoms in total. The van der Waals surface area contributed by atoms with Crippen LogP contribution in [0.3, 0.4) is 0 Å². The molecule has 23 heavy (non-hydrogen) atoms. The fourth-order valence-electron chi connectivity index (χ4n) is 2.23. The average Bonchev–Trinajstić information content (AvgIpc) is 2.47. The molecule has 0 aromatic heterocycles. The maximum absolute atomic E-state index is 13.5. The van der Waals surface area contributed by atoms with Crippen molar-refractivity contribution < 1.29 is 13.6 Å². The molecule has 2 aromatic carbocycles. The van der Waals surface area contributed by atoms with E-state index in [0.717, 1.165) is 17.7 Å². The Hall–Kier alpha value is -2.23. The highest BCUT2D eigenvalue weighted by Gasteiger charge is 2.13. The third kappa shape index (κ3) is 4.88. The zero-order valence-electron chi connectivity index (χ0n) is 13.6. The van der Waals surface area contributed by atoms with Crippen LogP contribution >= 0.6 is 0 Å². The number of anilines is 1. The molecule has 0 atom stereocenters. The van der Waals surface area contributed by atoms with Crippen LogP contribution in [0.4, 0.5) is 14.5 Å². The number of carbonyl (C=O) groups is 1. The Morgan fingerprint density at radius 3 is 2.26 bits per heavy atom. The molecule has 0 fully saturated rings. The van der Waals surface area contributed by atoms with Crippen molar-refractivity contribution in [3.8, 4) is 0 Å². The number of nitrogens with one attached hydrogen (secondary N) is 1. The lowest BCUT2D eigenvalue weighted by atomic mass is 9.86. The molecule has 0 radical (unpaired) electrons. The number of aryl methyl sites for hydroxylation is 1. The molecule has 4 heteroatoms. The van der Waals surface area contributed by atoms with Crippen LogP contribution in [0.2, 0.25) is 0 Å². The van der Waals surface area contributed by atoms with Crippen molar-refractivity contribution in [2.24, 2.45) is 0 Å². The van der Waals surface area contributed by atoms with Gasteiger partial charge in [-0.2, -0.15) is 0 Å². The minimum absolute atomic E-state index is 0.000481. The molecule has 1 amide bonds. The second-order valence-electron chi connectivity index (χ2n) is 6.62. The Balaban J connectivity index is 1.91. The van der Waals surface area contributed by atoms with E-state index < -0.39 is 11.6 Å². The monoisotopic (exact) mass is 317 g/mol. The van der Waals surface area contributed by atoms with Gasteiger partial charge < -0.3 is 5.32 Å². The van der Waals surface area contributed by atoms with Crippen molar-refractivity contribution in [2.45, 2.75) is 39.0 Å². The van der Waals surface area contributed by atoms with Gasteiger partial charge in [-0.25, -0.2) is 8.78 Å². The fraction of sp³-hybridized carbons (Fsp3) is 0.316. The minimum atomic E-state index is -0.770. The molecule has 0 saturated carbocycles. The summed E-state index contributed by atoms with van der Waals surface area (Å²) in [7, 11) is 0. The molecule has 122 valence electrons. The highest BCUT2D eigenvalue weighted by molar-refractivity contribution is 5.90. The normalized spacial score (nSPS) is 11.3. The van der Waals surface area contributed by atoms with Crippen LogP contribution < -0.4 is 5.32 Å². The Morgan fingerprint density at radius 2 is 1.70 bits per heavy atom. The van der Waals surface area contributed by atoms with E-state index in [4.69, 9.17) is 0 Å². The number of hydrogen-bond donors (Lipinski definition) is 1. The van der Waals surface area contributed by atoms with E-state index in [1.54, 1.807) is 0 Å². The molecular weight excluding hydrogens is 296 g/mol. The van der Waals surface area contributed by atoms with E-state index in [0.29, 0.717) is 6.42 Å². The van der Waals surface area contributed by atoms with Crippen LogP contribution in [0, 0.1) is 11.6 Å². The molecule has 0 aliphatic heterocycles. The van der Waals surface area contributed by atoms with Gasteiger partial charge in [-0.3, -0.25) is 4.79 Å². The van der Waals surface area contributed by atoms with Gasteiger partial charge >= 0.3 is 0 Å². The number of amides is 1. The standard InChI is InChI=1S/C19H21F2NO/c1-19(2,3)14-7-4-13(5-8-14)6-11-18(23)22-17-10-9-15(20)12-16(17)21/h4-5,7-10,12H,6,11H2,1-3H3,(H,22,23). The largest absolute Gasteiger partial charge is 0.324 e. The van der Waals surface area contributed by atoms with Crippen LogP contribution in [0.15, 0.2) is 42.5 Å². The van der Waals surface area contributed by atoms with Gasteiger partial charge in [0.05, 0.1) is 5.69 Å². The van der Waals surface area contributed by atoms with Gasteiger partial charge in [0.2, 0.25) is 5.91 Å². The van der Waals surface area contributed by atoms with E-state index in [2.05, 4.69) is 38.2 Å². The molecule has 2 aromatic rings. The zero-order chi connectivity index (χ0) is 17.0. The van der Waals surface area contributed by atoms with E-state index >= 15 is 0 Å². The lowest BCUT2D eigenvalue weighted by molar-refractivity contribution is -0.116. The first-order chi connectivity index (χ1) is 10.8. The summed E-state index contributed by atoms with van der Waals surface area (Å²) in [5.74, 6) is -1.73. The average molecular weight is 317 g/mol. The van der Waals surface area contributed by atoms with Crippen LogP contribution in [-0.2, 0) is 16.6 Å². The molecule has 0 heterocycles. The number of carbonyl (C=O) groups excluding carboxylic acids is 1. The number of benzene rings is 2. The summed E-state index contributed by atoms with van der Waals surface area (Å²) < 4.78 is 26.3. The molecule has 0 bridgehead atoms. The van der Waals surface area contributed by atoms with E-state index in [1.165, 1.54) is 11.6 Å². The third-order valence-electron chi connectivity index (χ3n) is 3.67. The van der Waals surface area contributed by atoms with Crippen LogP contribution in [0.25, 0.3) is 0 Å². The first-order valence-electron chi connectivity index (χ1n) is 7.60. The van der Waals surface area contributed by atoms with Crippen molar-refractivity contribution in [3.63, 3.8) is 0 Å². The smallest absolute Gasteiger partial charge is 0.224 e. The molecular formula is C19H21F2NO. The van der Waals surface area contributed by atoms with Crippen molar-refractivity contribution in [1.82, 2.24) is 0 Å². The summed E-state index contributed by atoms with van der Waals surface area (Å²) >= 11 is 0. The van der Waals surface area contributed by atoms with Crippen molar-refractivity contribution in [3.05, 3.63) is 65.2 Å². The predicted molar refractivity (Wildman–Crippen MR) is 88.5 cm³/mol. The second-order valence-corrected chi connectivity index (χ2v) is 6.62. The Labute approximate surface area is 135 Å². The molecule has 2 rings (SSSR count). The fourth-order valence-corrected chi connectivity index (χ4v) is 2.23. The van der Waals surface area contributed by atoms with E-state index in [-0.39, 0.29) is 23.4 Å². The van der Waals surface area contributed by atoms with Crippen molar-refractivity contribution in [2.75, 3.05) is 5.32 Å². The maximum atomic E-state index is 13.5. The molecule has 0 unspecified atom stereocenters. The third-order valence-corrected chi connectivity index (χ3v) is 3.67. The summed E-state index contributed by atoms with van der Waals surface area (Å²) in [4.78, 5) is 11.9. The molecule has 0 aliphatic carbocycles. The van der Waals surface area contributed by atoms with Crippen LogP contribution in [0.1, 0.15) is 38.3 Å². The van der Waals surface area contributed by atoms with Gasteiger partial charge in [-0.05, 0) is 35.1 Å². The summed E-state index contributed by atoms with van der Waals surface area (Å²) in [5, 5.41) is 2.46. The second kappa shape index (κ2) is 6.90. The highest BCUT2D eigenvalue weighted by Crippen LogP contribution is 2.22. The van der Waals surface area contributed by atoms with Crippen molar-refractivity contribution >= 4 is 11.6 Å². The molecule has 0 saturated heterocycles. The van der Waals surface area contributed by atoms with Gasteiger partial charge in [-0.1, -0.05) is 45.0 Å². The van der Waals surface area contributed by atoms with E-state index in [9.17, 15) is 13.6 Å². The quantitative estimate of drug-likeness (QED) is 0.859. The summed E-state index contributed by atoms with van der Waals surface area (Å²) in [6, 6.07) is 11.2. The van der Waals surface area contributed by atoms with Crippen molar-refractivity contribution in [1.29, 1.82) is 0 Å². The number of halogens is 2. The topological polar surface area (TPSA) is 29.1 Å². The summed E-state index contributed by atoms with van der Waals surface area (Å²) in [5.41, 5.74) is 2.38. The van der Waals surface area contributed by atoms with Gasteiger partial charge in [0, 0.05) is 12.5 Å². The Bertz CT molecular complexity index is 688. The molecule has 0 aliphatic rings. The van der Waals surface area contributed by atoms with Crippen LogP contribution in [-0.4, -0.2) is 5.91 Å². The minimum Gasteiger partial charge on any atom is -0.324 e. The summed E-state index contributed by atoms with van der Waals surface area (Å²) in [6.45, 7) is 6.44. The first-order valence-corrected chi connectivity index (χ1v) is 7.60. The maximum Gasteiger partial charge on any atom is 0.224 e. The van der Waals surface area contributed by atoms with Gasteiger partial charge in [0.15, 0.2) is 0 Å². The Morgan fingerprint density at radius 1 is 1.04 bits per heavy atom. The SMILES string of the molecule is CC(C)(C)c1ccc(CCC(=O)Nc2ccc(F)cc2F)cc1. The number of rotatable bonds is 4. The first kappa shape index (κ1) is 17.1. The highest BCUT2D eigenvalue weighted by atomic mass is 19.1. The summed E-state index contributed by atoms with van der Waals surface area (Å²) in [6.07, 6.45) is 0.810. The van der Waals surface area contributed by atoms with Crippen LogP contribution in [0.5, 0.6) is 0 Å². The lowest BCUT2D eigenvalue weighted by Crippen LogP contribution is -2.14. The van der Waals surface area contributed by atoms with Gasteiger partial charge in [0.1, 0.15) is 11.6 Å².